The second-order valence-electron chi connectivity index (χ2n) is 8.77. The second kappa shape index (κ2) is 16.1. The zero-order valence-electron chi connectivity index (χ0n) is 23.3. The summed E-state index contributed by atoms with van der Waals surface area (Å²) in [6.07, 6.45) is 2.52. The normalized spacial score (nSPS) is 10.4. The predicted octanol–water partition coefficient (Wildman–Crippen LogP) is 3.55. The van der Waals surface area contributed by atoms with Gasteiger partial charge in [0.1, 0.15) is 36.3 Å². The molecule has 6 N–H and O–H groups in total. The number of aromatic hydroxyl groups is 2. The topological polar surface area (TPSA) is 201 Å². The number of carbonyl (C=O) groups is 2. The fourth-order valence-corrected chi connectivity index (χ4v) is 3.81. The van der Waals surface area contributed by atoms with E-state index in [1.165, 1.54) is 54.3 Å². The lowest BCUT2D eigenvalue weighted by Crippen LogP contribution is -2.21. The van der Waals surface area contributed by atoms with Crippen LogP contribution in [0.4, 0.5) is 8.78 Å². The molecule has 13 nitrogen and oxygen atoms in total. The van der Waals surface area contributed by atoms with Gasteiger partial charge in [0.2, 0.25) is 0 Å². The highest BCUT2D eigenvalue weighted by atomic mass is 35.5. The number of esters is 1. The summed E-state index contributed by atoms with van der Waals surface area (Å²) in [4.78, 5) is 30.3. The van der Waals surface area contributed by atoms with Gasteiger partial charge in [-0.05, 0) is 36.4 Å². The highest BCUT2D eigenvalue weighted by molar-refractivity contribution is 6.30. The van der Waals surface area contributed by atoms with Gasteiger partial charge >= 0.3 is 5.97 Å². The number of amides is 1. The molecule has 0 fully saturated rings. The van der Waals surface area contributed by atoms with Crippen LogP contribution >= 0.6 is 11.6 Å². The molecule has 2 heterocycles. The number of ether oxygens (including phenoxy) is 3. The molecule has 4 rings (SSSR count). The molecule has 0 saturated carbocycles. The zero-order valence-corrected chi connectivity index (χ0v) is 24.1. The van der Waals surface area contributed by atoms with E-state index in [1.54, 1.807) is 0 Å². The van der Waals surface area contributed by atoms with E-state index in [-0.39, 0.29) is 46.6 Å². The van der Waals surface area contributed by atoms with Gasteiger partial charge in [0.15, 0.2) is 22.9 Å². The monoisotopic (exact) mass is 649 g/mol. The third-order valence-corrected chi connectivity index (χ3v) is 6.29. The minimum atomic E-state index is -1.02. The first-order valence-electron chi connectivity index (χ1n) is 12.6. The zero-order chi connectivity index (χ0) is 33.1. The van der Waals surface area contributed by atoms with Gasteiger partial charge < -0.3 is 34.6 Å². The van der Waals surface area contributed by atoms with Crippen molar-refractivity contribution < 1.29 is 58.2 Å². The molecule has 0 aliphatic heterocycles. The lowest BCUT2D eigenvalue weighted by Gasteiger charge is -2.13. The molecule has 1 amide bonds. The van der Waals surface area contributed by atoms with Crippen molar-refractivity contribution >= 4 is 23.5 Å². The van der Waals surface area contributed by atoms with Crippen molar-refractivity contribution in [3.63, 3.8) is 0 Å². The summed E-state index contributed by atoms with van der Waals surface area (Å²) >= 11 is 5.64. The molecule has 238 valence electrons. The van der Waals surface area contributed by atoms with Crippen LogP contribution in [0, 0.1) is 11.6 Å². The summed E-state index contributed by atoms with van der Waals surface area (Å²) in [6, 6.07) is 9.16. The molecule has 2 aromatic heterocycles. The summed E-state index contributed by atoms with van der Waals surface area (Å²) in [5.41, 5.74) is 1.47. The number of carbonyl (C=O) groups excluding carboxylic acids is 2. The van der Waals surface area contributed by atoms with Crippen molar-refractivity contribution in [2.24, 2.45) is 0 Å². The molecule has 0 aliphatic rings. The fourth-order valence-electron chi connectivity index (χ4n) is 3.64. The van der Waals surface area contributed by atoms with Crippen molar-refractivity contribution in [1.29, 1.82) is 0 Å². The second-order valence-corrected chi connectivity index (χ2v) is 9.18. The van der Waals surface area contributed by atoms with Gasteiger partial charge in [-0.25, -0.2) is 29.0 Å². The first-order chi connectivity index (χ1) is 21.5. The molecule has 0 spiro atoms. The van der Waals surface area contributed by atoms with Crippen LogP contribution in [0.25, 0.3) is 0 Å². The molecule has 0 aliphatic carbocycles. The van der Waals surface area contributed by atoms with Crippen LogP contribution in [-0.2, 0) is 31.2 Å². The Hall–Kier alpha value is -5.09. The molecular weight excluding hydrogens is 624 g/mol. The van der Waals surface area contributed by atoms with Crippen LogP contribution in [0.2, 0.25) is 5.02 Å². The summed E-state index contributed by atoms with van der Waals surface area (Å²) < 4.78 is 41.2. The number of pyridine rings is 2. The first kappa shape index (κ1) is 34.4. The maximum atomic E-state index is 13.1. The summed E-state index contributed by atoms with van der Waals surface area (Å²) in [7, 11) is 1.16. The average molecular weight is 650 g/mol. The number of aromatic nitrogens is 2. The molecule has 0 bridgehead atoms. The van der Waals surface area contributed by atoms with E-state index >= 15 is 0 Å². The Morgan fingerprint density at radius 2 is 1.36 bits per heavy atom. The van der Waals surface area contributed by atoms with E-state index < -0.39 is 48.1 Å². The first-order valence-corrected chi connectivity index (χ1v) is 13.0. The predicted molar refractivity (Wildman–Crippen MR) is 151 cm³/mol. The number of rotatable bonds is 10. The SMILES string of the molecule is COC(=O)c1ncc(COc2ccc(F)cc2)c(CO)c1O.O=C(NO)c1ncc(COc2ccc(F)c(Cl)c2)c(CO)c1O. The number of benzene rings is 2. The number of nitrogens with zero attached hydrogens (tertiary/aromatic N) is 2. The van der Waals surface area contributed by atoms with Crippen molar-refractivity contribution in [3.8, 4) is 23.0 Å². The molecule has 0 saturated heterocycles. The van der Waals surface area contributed by atoms with Gasteiger partial charge in [0, 0.05) is 40.7 Å². The number of hydrogen-bond donors (Lipinski definition) is 6. The Morgan fingerprint density at radius 3 is 1.87 bits per heavy atom. The molecule has 0 unspecified atom stereocenters. The number of methoxy groups -OCH3 is 1. The molecule has 45 heavy (non-hydrogen) atoms. The standard InChI is InChI=1S/C15H14FNO5.C14H12ClFN2O5/c1-21-15(20)13-14(19)12(7-18)9(6-17-13)8-22-11-4-2-10(16)3-5-11;15-10-3-8(1-2-11(10)16)23-6-7-4-17-12(14(21)18-22)13(20)9(7)5-19/h2-6,18-19H,7-8H2,1H3;1-4,19-20,22H,5-6H2,(H,18,21). The van der Waals surface area contributed by atoms with Gasteiger partial charge in [0.25, 0.3) is 5.91 Å². The fraction of sp³-hybridized carbons (Fsp3) is 0.172. The van der Waals surface area contributed by atoms with E-state index in [0.29, 0.717) is 16.9 Å². The van der Waals surface area contributed by atoms with E-state index in [9.17, 15) is 38.8 Å². The number of aliphatic hydroxyl groups excluding tert-OH is 2. The Labute approximate surface area is 258 Å². The lowest BCUT2D eigenvalue weighted by molar-refractivity contribution is 0.0589. The maximum Gasteiger partial charge on any atom is 0.360 e. The van der Waals surface area contributed by atoms with Crippen LogP contribution in [0.15, 0.2) is 54.9 Å². The van der Waals surface area contributed by atoms with Crippen LogP contribution < -0.4 is 15.0 Å². The van der Waals surface area contributed by atoms with Gasteiger partial charge in [0.05, 0.1) is 25.3 Å². The largest absolute Gasteiger partial charge is 0.505 e. The summed E-state index contributed by atoms with van der Waals surface area (Å²) in [5, 5.41) is 47.1. The third kappa shape index (κ3) is 8.73. The number of halogens is 3. The van der Waals surface area contributed by atoms with E-state index in [2.05, 4.69) is 14.7 Å². The van der Waals surface area contributed by atoms with Crippen LogP contribution in [0.5, 0.6) is 23.0 Å². The van der Waals surface area contributed by atoms with Crippen LogP contribution in [0.1, 0.15) is 43.2 Å². The summed E-state index contributed by atoms with van der Waals surface area (Å²) in [5.74, 6) is -3.13. The van der Waals surface area contributed by atoms with E-state index in [4.69, 9.17) is 26.3 Å². The third-order valence-electron chi connectivity index (χ3n) is 6.00. The smallest absolute Gasteiger partial charge is 0.360 e. The van der Waals surface area contributed by atoms with Gasteiger partial charge in [-0.3, -0.25) is 10.0 Å². The highest BCUT2D eigenvalue weighted by Crippen LogP contribution is 2.28. The average Bonchev–Trinajstić information content (AvgIpc) is 3.04. The Kier molecular flexibility index (Phi) is 12.3. The summed E-state index contributed by atoms with van der Waals surface area (Å²) in [6.45, 7) is -1.20. The Bertz CT molecular complexity index is 1660. The number of hydroxylamine groups is 1. The van der Waals surface area contributed by atoms with Crippen LogP contribution in [0.3, 0.4) is 0 Å². The molecule has 0 atom stereocenters. The van der Waals surface area contributed by atoms with E-state index in [0.717, 1.165) is 13.2 Å². The number of aliphatic hydroxyl groups is 2. The quantitative estimate of drug-likeness (QED) is 0.0830. The molecular formula is C29H26ClF2N3O10. The van der Waals surface area contributed by atoms with Crippen molar-refractivity contribution in [3.05, 3.63) is 105 Å². The number of hydrogen-bond acceptors (Lipinski definition) is 12. The van der Waals surface area contributed by atoms with Crippen molar-refractivity contribution in [2.75, 3.05) is 7.11 Å². The van der Waals surface area contributed by atoms with Crippen molar-refractivity contribution in [1.82, 2.24) is 15.4 Å². The lowest BCUT2D eigenvalue weighted by atomic mass is 10.1. The molecule has 0 radical (unpaired) electrons. The minimum absolute atomic E-state index is 0.0104. The Balaban J connectivity index is 0.000000246. The molecule has 16 heteroatoms. The van der Waals surface area contributed by atoms with Crippen molar-refractivity contribution in [2.45, 2.75) is 26.4 Å². The van der Waals surface area contributed by atoms with Gasteiger partial charge in [-0.1, -0.05) is 11.6 Å². The maximum absolute atomic E-state index is 13.1. The Morgan fingerprint density at radius 1 is 0.844 bits per heavy atom. The highest BCUT2D eigenvalue weighted by Gasteiger charge is 2.20. The van der Waals surface area contributed by atoms with Gasteiger partial charge in [-0.15, -0.1) is 0 Å². The van der Waals surface area contributed by atoms with Gasteiger partial charge in [-0.2, -0.15) is 0 Å². The molecule has 4 aromatic rings. The number of nitrogens with one attached hydrogen (secondary N) is 1. The van der Waals surface area contributed by atoms with Crippen LogP contribution in [-0.4, -0.2) is 54.6 Å². The van der Waals surface area contributed by atoms with E-state index in [1.807, 2.05) is 0 Å². The minimum Gasteiger partial charge on any atom is -0.505 e. The molecule has 2 aromatic carbocycles.